The number of fused-ring (bicyclic) bond motifs is 4. The van der Waals surface area contributed by atoms with Gasteiger partial charge in [-0.05, 0) is 73.5 Å². The number of rotatable bonds is 10. The third kappa shape index (κ3) is 5.09. The topological polar surface area (TPSA) is 118 Å². The summed E-state index contributed by atoms with van der Waals surface area (Å²) >= 11 is 0. The van der Waals surface area contributed by atoms with E-state index in [0.29, 0.717) is 64.1 Å². The highest BCUT2D eigenvalue weighted by molar-refractivity contribution is 6.22. The van der Waals surface area contributed by atoms with Gasteiger partial charge in [0.15, 0.2) is 11.6 Å². The van der Waals surface area contributed by atoms with Crippen LogP contribution in [0.4, 0.5) is 0 Å². The molecule has 0 unspecified atom stereocenters. The van der Waals surface area contributed by atoms with Crippen LogP contribution in [0.2, 0.25) is 0 Å². The van der Waals surface area contributed by atoms with Crippen molar-refractivity contribution in [3.05, 3.63) is 129 Å². The van der Waals surface area contributed by atoms with Crippen molar-refractivity contribution >= 4 is 35.2 Å². The molecule has 0 spiro atoms. The van der Waals surface area contributed by atoms with Crippen molar-refractivity contribution in [3.8, 4) is 11.5 Å². The highest BCUT2D eigenvalue weighted by Gasteiger charge is 2.35. The van der Waals surface area contributed by atoms with Gasteiger partial charge in [-0.2, -0.15) is 0 Å². The van der Waals surface area contributed by atoms with E-state index in [2.05, 4.69) is 0 Å². The summed E-state index contributed by atoms with van der Waals surface area (Å²) in [6.45, 7) is 0.323. The number of nitrogens with zero attached hydrogens (tertiary/aromatic N) is 2. The normalized spacial score (nSPS) is 14.5. The van der Waals surface area contributed by atoms with Gasteiger partial charge in [0.25, 0.3) is 23.6 Å². The van der Waals surface area contributed by atoms with Crippen LogP contribution in [0.1, 0.15) is 99.0 Å². The average Bonchev–Trinajstić information content (AvgIpc) is 3.47. The SMILES string of the molecule is O=C(CCCN1C(=O)c2ccccc2C1=O)c1ccc2c(c1)Cc1cc(C(=O)CCCN3C(=O)c4ccccc4C3=O)ccc1O2. The van der Waals surface area contributed by atoms with Crippen molar-refractivity contribution in [1.82, 2.24) is 9.80 Å². The lowest BCUT2D eigenvalue weighted by Crippen LogP contribution is -2.31. The molecule has 3 heterocycles. The van der Waals surface area contributed by atoms with E-state index >= 15 is 0 Å². The van der Waals surface area contributed by atoms with Gasteiger partial charge < -0.3 is 4.74 Å². The van der Waals surface area contributed by atoms with Gasteiger partial charge in [0.1, 0.15) is 11.5 Å². The van der Waals surface area contributed by atoms with E-state index < -0.39 is 0 Å². The van der Waals surface area contributed by atoms with Gasteiger partial charge in [0, 0.05) is 54.6 Å². The molecule has 0 bridgehead atoms. The van der Waals surface area contributed by atoms with Crippen molar-refractivity contribution in [1.29, 1.82) is 0 Å². The number of imide groups is 2. The van der Waals surface area contributed by atoms with Gasteiger partial charge in [-0.25, -0.2) is 0 Å². The molecule has 0 N–H and O–H groups in total. The first-order chi connectivity index (χ1) is 22.3. The van der Waals surface area contributed by atoms with Gasteiger partial charge in [-0.1, -0.05) is 24.3 Å². The molecule has 9 nitrogen and oxygen atoms in total. The zero-order chi connectivity index (χ0) is 31.9. The second-order valence-corrected chi connectivity index (χ2v) is 11.6. The summed E-state index contributed by atoms with van der Waals surface area (Å²) < 4.78 is 6.07. The molecule has 4 aromatic rings. The number of benzene rings is 4. The Kier molecular flexibility index (Phi) is 7.36. The van der Waals surface area contributed by atoms with Crippen LogP contribution >= 0.6 is 0 Å². The van der Waals surface area contributed by atoms with E-state index in [9.17, 15) is 28.8 Å². The monoisotopic (exact) mass is 612 g/mol. The summed E-state index contributed by atoms with van der Waals surface area (Å²) in [6, 6.07) is 23.9. The Bertz CT molecular complexity index is 1780. The molecule has 4 amide bonds. The summed E-state index contributed by atoms with van der Waals surface area (Å²) in [5.41, 5.74) is 4.20. The summed E-state index contributed by atoms with van der Waals surface area (Å²) in [4.78, 5) is 78.9. The number of ether oxygens (including phenoxy) is 1. The Balaban J connectivity index is 0.948. The Morgan fingerprint density at radius 3 is 1.28 bits per heavy atom. The summed E-state index contributed by atoms with van der Waals surface area (Å²) in [5.74, 6) is -0.280. The molecule has 0 fully saturated rings. The molecule has 0 atom stereocenters. The predicted molar refractivity (Wildman–Crippen MR) is 167 cm³/mol. The third-order valence-electron chi connectivity index (χ3n) is 8.69. The number of carbonyl (C=O) groups excluding carboxylic acids is 6. The number of hydrogen-bond acceptors (Lipinski definition) is 7. The second kappa shape index (κ2) is 11.7. The Hall–Kier alpha value is -5.70. The molecule has 228 valence electrons. The van der Waals surface area contributed by atoms with E-state index in [1.807, 2.05) is 0 Å². The Morgan fingerprint density at radius 1 is 0.543 bits per heavy atom. The van der Waals surface area contributed by atoms with E-state index in [4.69, 9.17) is 4.74 Å². The maximum Gasteiger partial charge on any atom is 0.261 e. The van der Waals surface area contributed by atoms with Gasteiger partial charge in [0.2, 0.25) is 0 Å². The van der Waals surface area contributed by atoms with E-state index in [-0.39, 0.29) is 61.1 Å². The highest BCUT2D eigenvalue weighted by atomic mass is 16.5. The maximum atomic E-state index is 13.1. The first-order valence-corrected chi connectivity index (χ1v) is 15.2. The molecule has 4 aromatic carbocycles. The lowest BCUT2D eigenvalue weighted by atomic mass is 9.94. The minimum atomic E-state index is -0.335. The highest BCUT2D eigenvalue weighted by Crippen LogP contribution is 2.38. The minimum Gasteiger partial charge on any atom is -0.457 e. The van der Waals surface area contributed by atoms with E-state index in [0.717, 1.165) is 11.1 Å². The van der Waals surface area contributed by atoms with Gasteiger partial charge in [-0.15, -0.1) is 0 Å². The molecule has 3 aliphatic heterocycles. The van der Waals surface area contributed by atoms with Crippen molar-refractivity contribution in [2.45, 2.75) is 32.1 Å². The first kappa shape index (κ1) is 29.0. The molecule has 0 aliphatic carbocycles. The number of Topliss-reactive ketones (excluding diaryl/α,β-unsaturated/α-hetero) is 2. The third-order valence-corrected chi connectivity index (χ3v) is 8.69. The maximum absolute atomic E-state index is 13.1. The van der Waals surface area contributed by atoms with Crippen LogP contribution in [0.5, 0.6) is 11.5 Å². The molecule has 0 saturated heterocycles. The van der Waals surface area contributed by atoms with E-state index in [1.54, 1.807) is 84.9 Å². The fourth-order valence-corrected chi connectivity index (χ4v) is 6.27. The fraction of sp³-hybridized carbons (Fsp3) is 0.189. The quantitative estimate of drug-likeness (QED) is 0.142. The van der Waals surface area contributed by atoms with Gasteiger partial charge in [0.05, 0.1) is 22.3 Å². The Labute approximate surface area is 264 Å². The molecular weight excluding hydrogens is 584 g/mol. The second-order valence-electron chi connectivity index (χ2n) is 11.6. The van der Waals surface area contributed by atoms with Crippen LogP contribution in [0.3, 0.4) is 0 Å². The fourth-order valence-electron chi connectivity index (χ4n) is 6.27. The zero-order valence-electron chi connectivity index (χ0n) is 24.8. The van der Waals surface area contributed by atoms with Crippen LogP contribution < -0.4 is 4.74 Å². The van der Waals surface area contributed by atoms with Crippen molar-refractivity contribution in [3.63, 3.8) is 0 Å². The lowest BCUT2D eigenvalue weighted by Gasteiger charge is -2.21. The van der Waals surface area contributed by atoms with Gasteiger partial charge in [-0.3, -0.25) is 38.6 Å². The average molecular weight is 613 g/mol. The predicted octanol–water partition coefficient (Wildman–Crippen LogP) is 5.90. The molecule has 46 heavy (non-hydrogen) atoms. The molecule has 9 heteroatoms. The first-order valence-electron chi connectivity index (χ1n) is 15.2. The summed E-state index contributed by atoms with van der Waals surface area (Å²) in [6.07, 6.45) is 1.50. The lowest BCUT2D eigenvalue weighted by molar-refractivity contribution is 0.0634. The minimum absolute atomic E-state index is 0.104. The molecule has 0 aromatic heterocycles. The van der Waals surface area contributed by atoms with Crippen LogP contribution in [-0.4, -0.2) is 58.1 Å². The van der Waals surface area contributed by atoms with Crippen molar-refractivity contribution in [2.24, 2.45) is 0 Å². The smallest absolute Gasteiger partial charge is 0.261 e. The van der Waals surface area contributed by atoms with Crippen LogP contribution in [0, 0.1) is 0 Å². The number of hydrogen-bond donors (Lipinski definition) is 0. The molecule has 3 aliphatic rings. The number of carbonyl (C=O) groups is 6. The van der Waals surface area contributed by atoms with Crippen molar-refractivity contribution in [2.75, 3.05) is 13.1 Å². The molecule has 7 rings (SSSR count). The van der Waals surface area contributed by atoms with Crippen molar-refractivity contribution < 1.29 is 33.5 Å². The molecule has 0 radical (unpaired) electrons. The summed E-state index contributed by atoms with van der Waals surface area (Å²) in [5, 5.41) is 0. The zero-order valence-corrected chi connectivity index (χ0v) is 24.8. The standard InChI is InChI=1S/C37H28N2O7/c40-30(11-5-17-38-34(42)26-7-1-2-8-27(26)35(38)43)22-13-15-32-24(19-22)21-25-20-23(14-16-33(25)46-32)31(41)12-6-18-39-36(44)28-9-3-4-10-29(28)37(39)45/h1-4,7-10,13-16,19-20H,5-6,11-12,17-18,21H2. The number of ketones is 2. The largest absolute Gasteiger partial charge is 0.457 e. The van der Waals surface area contributed by atoms with Gasteiger partial charge >= 0.3 is 0 Å². The van der Waals surface area contributed by atoms with E-state index in [1.165, 1.54) is 9.80 Å². The van der Waals surface area contributed by atoms with Crippen LogP contribution in [0.25, 0.3) is 0 Å². The van der Waals surface area contributed by atoms with Crippen LogP contribution in [0.15, 0.2) is 84.9 Å². The molecule has 0 saturated carbocycles. The number of amides is 4. The van der Waals surface area contributed by atoms with Crippen LogP contribution in [-0.2, 0) is 6.42 Å². The summed E-state index contributed by atoms with van der Waals surface area (Å²) in [7, 11) is 0. The Morgan fingerprint density at radius 2 is 0.913 bits per heavy atom. The molecular formula is C37H28N2O7.